The van der Waals surface area contributed by atoms with Crippen molar-refractivity contribution < 1.29 is 0 Å². The summed E-state index contributed by atoms with van der Waals surface area (Å²) in [6, 6.07) is 33.9. The van der Waals surface area contributed by atoms with Crippen molar-refractivity contribution in [3.05, 3.63) is 119 Å². The fourth-order valence-corrected chi connectivity index (χ4v) is 4.39. The molecule has 0 unspecified atom stereocenters. The van der Waals surface area contributed by atoms with E-state index in [1.165, 1.54) is 22.3 Å². The van der Waals surface area contributed by atoms with Gasteiger partial charge in [-0.05, 0) is 51.0 Å². The summed E-state index contributed by atoms with van der Waals surface area (Å²) in [6.07, 6.45) is 0. The zero-order chi connectivity index (χ0) is 23.7. The normalized spacial score (nSPS) is 10.9. The molecule has 5 aromatic rings. The van der Waals surface area contributed by atoms with E-state index in [0.717, 1.165) is 45.0 Å². The summed E-state index contributed by atoms with van der Waals surface area (Å²) in [5, 5.41) is 0. The van der Waals surface area contributed by atoms with E-state index in [1.54, 1.807) is 0 Å². The van der Waals surface area contributed by atoms with Crippen LogP contribution in [0.15, 0.2) is 97.1 Å². The molecule has 34 heavy (non-hydrogen) atoms. The summed E-state index contributed by atoms with van der Waals surface area (Å²) in [5.74, 6) is 0. The maximum absolute atomic E-state index is 5.38. The van der Waals surface area contributed by atoms with Crippen LogP contribution in [0.25, 0.3) is 45.0 Å². The van der Waals surface area contributed by atoms with Crippen molar-refractivity contribution in [1.29, 1.82) is 0 Å². The molecular weight excluding hydrogens is 412 g/mol. The second-order valence-electron chi connectivity index (χ2n) is 8.99. The SMILES string of the molecule is Cc1ccc(C)c(-c2nc(-c3ccccc3)c(-c3cc(C)ccc3C)nc2-c2ccccc2)c1. The molecular formula is C32H28N2. The topological polar surface area (TPSA) is 25.8 Å². The largest absolute Gasteiger partial charge is 0.243 e. The van der Waals surface area contributed by atoms with Gasteiger partial charge in [-0.3, -0.25) is 0 Å². The highest BCUT2D eigenvalue weighted by molar-refractivity contribution is 5.88. The fraction of sp³-hybridized carbons (Fsp3) is 0.125. The summed E-state index contributed by atoms with van der Waals surface area (Å²) in [7, 11) is 0. The van der Waals surface area contributed by atoms with Gasteiger partial charge in [0, 0.05) is 22.3 Å². The van der Waals surface area contributed by atoms with Crippen LogP contribution < -0.4 is 0 Å². The van der Waals surface area contributed by atoms with Crippen LogP contribution in [0.3, 0.4) is 0 Å². The molecule has 0 aliphatic rings. The minimum atomic E-state index is 0.907. The first-order chi connectivity index (χ1) is 16.5. The molecule has 5 rings (SSSR count). The van der Waals surface area contributed by atoms with Crippen molar-refractivity contribution in [2.24, 2.45) is 0 Å². The van der Waals surface area contributed by atoms with Gasteiger partial charge in [-0.1, -0.05) is 96.1 Å². The molecule has 2 nitrogen and oxygen atoms in total. The average Bonchev–Trinajstić information content (AvgIpc) is 2.87. The molecule has 4 aromatic carbocycles. The second-order valence-corrected chi connectivity index (χ2v) is 8.99. The number of aryl methyl sites for hydroxylation is 4. The number of benzene rings is 4. The third-order valence-electron chi connectivity index (χ3n) is 6.29. The van der Waals surface area contributed by atoms with Crippen LogP contribution in [0.1, 0.15) is 22.3 Å². The molecule has 1 aromatic heterocycles. The molecule has 0 spiro atoms. The number of hydrogen-bond donors (Lipinski definition) is 0. The van der Waals surface area contributed by atoms with Crippen LogP contribution >= 0.6 is 0 Å². The van der Waals surface area contributed by atoms with Gasteiger partial charge in [-0.25, -0.2) is 9.97 Å². The Morgan fingerprint density at radius 1 is 0.412 bits per heavy atom. The van der Waals surface area contributed by atoms with Gasteiger partial charge in [-0.2, -0.15) is 0 Å². The maximum Gasteiger partial charge on any atom is 0.0976 e. The lowest BCUT2D eigenvalue weighted by atomic mass is 9.95. The van der Waals surface area contributed by atoms with Gasteiger partial charge in [0.1, 0.15) is 0 Å². The highest BCUT2D eigenvalue weighted by Crippen LogP contribution is 2.39. The minimum absolute atomic E-state index is 0.907. The monoisotopic (exact) mass is 440 g/mol. The van der Waals surface area contributed by atoms with Crippen molar-refractivity contribution in [3.8, 4) is 45.0 Å². The molecule has 0 fully saturated rings. The summed E-state index contributed by atoms with van der Waals surface area (Å²) in [6.45, 7) is 8.54. The summed E-state index contributed by atoms with van der Waals surface area (Å²) >= 11 is 0. The lowest BCUT2D eigenvalue weighted by Gasteiger charge is -2.18. The van der Waals surface area contributed by atoms with Gasteiger partial charge < -0.3 is 0 Å². The summed E-state index contributed by atoms with van der Waals surface area (Å²) in [4.78, 5) is 10.8. The van der Waals surface area contributed by atoms with Crippen molar-refractivity contribution in [2.45, 2.75) is 27.7 Å². The number of aromatic nitrogens is 2. The molecule has 0 N–H and O–H groups in total. The molecule has 2 heteroatoms. The van der Waals surface area contributed by atoms with E-state index in [1.807, 2.05) is 12.1 Å². The van der Waals surface area contributed by atoms with Crippen molar-refractivity contribution in [2.75, 3.05) is 0 Å². The van der Waals surface area contributed by atoms with Crippen molar-refractivity contribution in [3.63, 3.8) is 0 Å². The number of rotatable bonds is 4. The zero-order valence-corrected chi connectivity index (χ0v) is 20.1. The smallest absolute Gasteiger partial charge is 0.0976 e. The first kappa shape index (κ1) is 21.8. The summed E-state index contributed by atoms with van der Waals surface area (Å²) in [5.41, 5.74) is 12.8. The molecule has 0 saturated heterocycles. The lowest BCUT2D eigenvalue weighted by molar-refractivity contribution is 1.20. The van der Waals surface area contributed by atoms with E-state index in [-0.39, 0.29) is 0 Å². The van der Waals surface area contributed by atoms with E-state index in [4.69, 9.17) is 9.97 Å². The molecule has 0 amide bonds. The minimum Gasteiger partial charge on any atom is -0.243 e. The third-order valence-corrected chi connectivity index (χ3v) is 6.29. The van der Waals surface area contributed by atoms with Crippen LogP contribution in [0.5, 0.6) is 0 Å². The van der Waals surface area contributed by atoms with Crippen LogP contribution in [0.2, 0.25) is 0 Å². The number of hydrogen-bond acceptors (Lipinski definition) is 2. The van der Waals surface area contributed by atoms with Gasteiger partial charge >= 0.3 is 0 Å². The quantitative estimate of drug-likeness (QED) is 0.280. The Morgan fingerprint density at radius 3 is 1.18 bits per heavy atom. The summed E-state index contributed by atoms with van der Waals surface area (Å²) < 4.78 is 0. The van der Waals surface area contributed by atoms with Gasteiger partial charge in [-0.15, -0.1) is 0 Å². The number of nitrogens with zero attached hydrogens (tertiary/aromatic N) is 2. The Hall–Kier alpha value is -4.04. The predicted octanol–water partition coefficient (Wildman–Crippen LogP) is 8.38. The Labute approximate surface area is 202 Å². The van der Waals surface area contributed by atoms with Crippen LogP contribution in [0, 0.1) is 27.7 Å². The third kappa shape index (κ3) is 4.15. The molecule has 0 aliphatic heterocycles. The van der Waals surface area contributed by atoms with Gasteiger partial charge in [0.25, 0.3) is 0 Å². The van der Waals surface area contributed by atoms with Crippen molar-refractivity contribution in [1.82, 2.24) is 9.97 Å². The molecule has 1 heterocycles. The van der Waals surface area contributed by atoms with Gasteiger partial charge in [0.2, 0.25) is 0 Å². The highest BCUT2D eigenvalue weighted by atomic mass is 14.9. The van der Waals surface area contributed by atoms with E-state index in [0.29, 0.717) is 0 Å². The molecule has 0 aliphatic carbocycles. The Kier molecular flexibility index (Phi) is 5.81. The molecule has 0 atom stereocenters. The lowest BCUT2D eigenvalue weighted by Crippen LogP contribution is -2.02. The first-order valence-electron chi connectivity index (χ1n) is 11.7. The van der Waals surface area contributed by atoms with Crippen LogP contribution in [-0.2, 0) is 0 Å². The average molecular weight is 441 g/mol. The Bertz CT molecular complexity index is 1350. The van der Waals surface area contributed by atoms with E-state index < -0.39 is 0 Å². The predicted molar refractivity (Wildman–Crippen MR) is 143 cm³/mol. The molecule has 0 saturated carbocycles. The van der Waals surface area contributed by atoms with E-state index in [2.05, 4.69) is 113 Å². The van der Waals surface area contributed by atoms with Crippen LogP contribution in [-0.4, -0.2) is 9.97 Å². The van der Waals surface area contributed by atoms with Gasteiger partial charge in [0.15, 0.2) is 0 Å². The van der Waals surface area contributed by atoms with Crippen molar-refractivity contribution >= 4 is 0 Å². The molecule has 0 radical (unpaired) electrons. The Morgan fingerprint density at radius 2 is 0.794 bits per heavy atom. The standard InChI is InChI=1S/C32H28N2/c1-21-15-17-23(3)27(19-21)31-29(25-11-7-5-8-12-25)34-32(28-20-22(2)16-18-24(28)4)30(33-31)26-13-9-6-10-14-26/h5-20H,1-4H3. The fourth-order valence-electron chi connectivity index (χ4n) is 4.39. The maximum atomic E-state index is 5.38. The highest BCUT2D eigenvalue weighted by Gasteiger charge is 2.21. The van der Waals surface area contributed by atoms with E-state index in [9.17, 15) is 0 Å². The van der Waals surface area contributed by atoms with Crippen LogP contribution in [0.4, 0.5) is 0 Å². The van der Waals surface area contributed by atoms with Gasteiger partial charge in [0.05, 0.1) is 22.8 Å². The molecule has 0 bridgehead atoms. The van der Waals surface area contributed by atoms with E-state index >= 15 is 0 Å². The molecule has 166 valence electrons. The Balaban J connectivity index is 1.91. The zero-order valence-electron chi connectivity index (χ0n) is 20.1. The second kappa shape index (κ2) is 9.07. The first-order valence-corrected chi connectivity index (χ1v) is 11.7.